The molecular weight excluding hydrogens is 202 g/mol. The van der Waals surface area contributed by atoms with Crippen LogP contribution >= 0.6 is 0 Å². The van der Waals surface area contributed by atoms with Crippen molar-refractivity contribution in [1.29, 1.82) is 0 Å². The highest BCUT2D eigenvalue weighted by molar-refractivity contribution is 5.73. The summed E-state index contributed by atoms with van der Waals surface area (Å²) < 4.78 is 0. The Morgan fingerprint density at radius 3 is 2.69 bits per heavy atom. The molecule has 0 aromatic rings. The van der Waals surface area contributed by atoms with Gasteiger partial charge in [-0.25, -0.2) is 0 Å². The average Bonchev–Trinajstić information content (AvgIpc) is 2.69. The largest absolute Gasteiger partial charge is 0.480 e. The van der Waals surface area contributed by atoms with E-state index in [0.29, 0.717) is 0 Å². The highest BCUT2D eigenvalue weighted by atomic mass is 16.4. The number of nitrogens with zero attached hydrogens (tertiary/aromatic N) is 1. The minimum atomic E-state index is -0.624. The number of hydrogen-bond donors (Lipinski definition) is 1. The van der Waals surface area contributed by atoms with E-state index in [-0.39, 0.29) is 6.04 Å². The molecule has 0 aromatic carbocycles. The molecule has 16 heavy (non-hydrogen) atoms. The third-order valence-corrected chi connectivity index (χ3v) is 4.41. The van der Waals surface area contributed by atoms with Crippen LogP contribution in [0.5, 0.6) is 0 Å². The topological polar surface area (TPSA) is 40.5 Å². The molecule has 0 radical (unpaired) electrons. The maximum Gasteiger partial charge on any atom is 0.320 e. The summed E-state index contributed by atoms with van der Waals surface area (Å²) in [5.41, 5.74) is 0. The molecule has 0 bridgehead atoms. The quantitative estimate of drug-likeness (QED) is 0.801. The summed E-state index contributed by atoms with van der Waals surface area (Å²) in [4.78, 5) is 13.3. The molecule has 2 fully saturated rings. The van der Waals surface area contributed by atoms with Crippen LogP contribution < -0.4 is 0 Å². The van der Waals surface area contributed by atoms with Crippen molar-refractivity contribution in [3.8, 4) is 0 Å². The van der Waals surface area contributed by atoms with Crippen LogP contribution in [0.4, 0.5) is 0 Å². The fraction of sp³-hybridized carbons (Fsp3) is 0.923. The van der Waals surface area contributed by atoms with Gasteiger partial charge in [0.1, 0.15) is 6.04 Å². The zero-order chi connectivity index (χ0) is 11.5. The van der Waals surface area contributed by atoms with Gasteiger partial charge in [-0.1, -0.05) is 26.2 Å². The highest BCUT2D eigenvalue weighted by Gasteiger charge is 2.33. The second-order valence-electron chi connectivity index (χ2n) is 5.51. The summed E-state index contributed by atoms with van der Waals surface area (Å²) in [6, 6.07) is -0.200. The van der Waals surface area contributed by atoms with Crippen LogP contribution in [0, 0.1) is 11.8 Å². The Morgan fingerprint density at radius 2 is 2.00 bits per heavy atom. The van der Waals surface area contributed by atoms with Crippen molar-refractivity contribution in [1.82, 2.24) is 4.90 Å². The normalized spacial score (nSPS) is 36.4. The van der Waals surface area contributed by atoms with E-state index in [9.17, 15) is 4.79 Å². The Morgan fingerprint density at radius 1 is 1.25 bits per heavy atom. The minimum Gasteiger partial charge on any atom is -0.480 e. The number of carbonyl (C=O) groups is 1. The second-order valence-corrected chi connectivity index (χ2v) is 5.51. The van der Waals surface area contributed by atoms with Crippen molar-refractivity contribution in [3.05, 3.63) is 0 Å². The molecule has 0 aromatic heterocycles. The molecule has 2 unspecified atom stereocenters. The maximum atomic E-state index is 11.1. The highest BCUT2D eigenvalue weighted by Crippen LogP contribution is 2.32. The van der Waals surface area contributed by atoms with E-state index in [2.05, 4.69) is 11.8 Å². The molecule has 2 rings (SSSR count). The summed E-state index contributed by atoms with van der Waals surface area (Å²) in [7, 11) is 0. The summed E-state index contributed by atoms with van der Waals surface area (Å²) in [5.74, 6) is 0.887. The van der Waals surface area contributed by atoms with Crippen LogP contribution in [-0.2, 0) is 4.79 Å². The van der Waals surface area contributed by atoms with E-state index in [0.717, 1.165) is 37.8 Å². The van der Waals surface area contributed by atoms with Gasteiger partial charge in [-0.2, -0.15) is 0 Å². The van der Waals surface area contributed by atoms with E-state index < -0.39 is 5.97 Å². The third kappa shape index (κ3) is 2.57. The van der Waals surface area contributed by atoms with Crippen molar-refractivity contribution >= 4 is 5.97 Å². The Balaban J connectivity index is 1.90. The van der Waals surface area contributed by atoms with Crippen LogP contribution in [0.2, 0.25) is 0 Å². The lowest BCUT2D eigenvalue weighted by molar-refractivity contribution is -0.142. The van der Waals surface area contributed by atoms with Gasteiger partial charge < -0.3 is 5.11 Å². The first-order valence-corrected chi connectivity index (χ1v) is 6.65. The number of hydrogen-bond acceptors (Lipinski definition) is 2. The maximum absolute atomic E-state index is 11.1. The van der Waals surface area contributed by atoms with Crippen LogP contribution in [0.15, 0.2) is 0 Å². The van der Waals surface area contributed by atoms with Crippen LogP contribution in [0.1, 0.15) is 45.4 Å². The Bertz CT molecular complexity index is 254. The lowest BCUT2D eigenvalue weighted by Crippen LogP contribution is -2.40. The SMILES string of the molecule is CC1CCCCC1CN1CCC[C@@H]1C(=O)O. The Kier molecular flexibility index (Phi) is 3.85. The Labute approximate surface area is 97.8 Å². The molecule has 1 aliphatic heterocycles. The van der Waals surface area contributed by atoms with Crippen molar-refractivity contribution < 1.29 is 9.90 Å². The van der Waals surface area contributed by atoms with Gasteiger partial charge in [-0.05, 0) is 37.6 Å². The fourth-order valence-corrected chi connectivity index (χ4v) is 3.29. The molecule has 3 atom stereocenters. The number of carboxylic acid groups (broad SMARTS) is 1. The molecule has 92 valence electrons. The molecule has 0 amide bonds. The summed E-state index contributed by atoms with van der Waals surface area (Å²) in [6.45, 7) is 4.33. The Hall–Kier alpha value is -0.570. The third-order valence-electron chi connectivity index (χ3n) is 4.41. The first kappa shape index (κ1) is 11.9. The molecule has 1 aliphatic carbocycles. The molecule has 1 N–H and O–H groups in total. The van der Waals surface area contributed by atoms with Gasteiger partial charge in [0.05, 0.1) is 0 Å². The van der Waals surface area contributed by atoms with Crippen molar-refractivity contribution in [3.63, 3.8) is 0 Å². The fourth-order valence-electron chi connectivity index (χ4n) is 3.29. The summed E-state index contributed by atoms with van der Waals surface area (Å²) >= 11 is 0. The number of rotatable bonds is 3. The van der Waals surface area contributed by atoms with Crippen molar-refractivity contribution in [2.75, 3.05) is 13.1 Å². The van der Waals surface area contributed by atoms with E-state index in [1.165, 1.54) is 25.7 Å². The van der Waals surface area contributed by atoms with Gasteiger partial charge in [0.2, 0.25) is 0 Å². The van der Waals surface area contributed by atoms with Crippen LogP contribution in [0.3, 0.4) is 0 Å². The monoisotopic (exact) mass is 225 g/mol. The van der Waals surface area contributed by atoms with Crippen molar-refractivity contribution in [2.45, 2.75) is 51.5 Å². The number of likely N-dealkylation sites (tertiary alicyclic amines) is 1. The summed E-state index contributed by atoms with van der Waals surface area (Å²) in [6.07, 6.45) is 7.22. The van der Waals surface area contributed by atoms with Gasteiger partial charge in [-0.3, -0.25) is 9.69 Å². The van der Waals surface area contributed by atoms with E-state index in [1.807, 2.05) is 0 Å². The lowest BCUT2D eigenvalue weighted by atomic mass is 9.80. The predicted octanol–water partition coefficient (Wildman–Crippen LogP) is 2.36. The zero-order valence-electron chi connectivity index (χ0n) is 10.2. The molecule has 2 aliphatic rings. The smallest absolute Gasteiger partial charge is 0.320 e. The standard InChI is InChI=1S/C13H23NO2/c1-10-5-2-3-6-11(10)9-14-8-4-7-12(14)13(15)16/h10-12H,2-9H2,1H3,(H,15,16)/t10?,11?,12-/m1/s1. The number of carboxylic acids is 1. The van der Waals surface area contributed by atoms with E-state index in [1.54, 1.807) is 0 Å². The first-order valence-electron chi connectivity index (χ1n) is 6.65. The lowest BCUT2D eigenvalue weighted by Gasteiger charge is -2.33. The van der Waals surface area contributed by atoms with Crippen LogP contribution in [0.25, 0.3) is 0 Å². The van der Waals surface area contributed by atoms with E-state index in [4.69, 9.17) is 5.11 Å². The average molecular weight is 225 g/mol. The molecule has 1 heterocycles. The van der Waals surface area contributed by atoms with Gasteiger partial charge in [0.25, 0.3) is 0 Å². The minimum absolute atomic E-state index is 0.200. The molecule has 1 saturated heterocycles. The van der Waals surface area contributed by atoms with Gasteiger partial charge in [-0.15, -0.1) is 0 Å². The molecule has 3 nitrogen and oxygen atoms in total. The molecule has 3 heteroatoms. The predicted molar refractivity (Wildman–Crippen MR) is 63.4 cm³/mol. The van der Waals surface area contributed by atoms with E-state index >= 15 is 0 Å². The van der Waals surface area contributed by atoms with Gasteiger partial charge in [0.15, 0.2) is 0 Å². The van der Waals surface area contributed by atoms with Crippen LogP contribution in [-0.4, -0.2) is 35.1 Å². The van der Waals surface area contributed by atoms with Gasteiger partial charge >= 0.3 is 5.97 Å². The molecule has 0 spiro atoms. The zero-order valence-corrected chi connectivity index (χ0v) is 10.2. The molecule has 1 saturated carbocycles. The number of aliphatic carboxylic acids is 1. The van der Waals surface area contributed by atoms with Crippen molar-refractivity contribution in [2.24, 2.45) is 11.8 Å². The first-order chi connectivity index (χ1) is 7.68. The van der Waals surface area contributed by atoms with Gasteiger partial charge in [0, 0.05) is 6.54 Å². The molecular formula is C13H23NO2. The second kappa shape index (κ2) is 5.17. The summed E-state index contributed by atoms with van der Waals surface area (Å²) in [5, 5.41) is 9.14.